The zero-order valence-electron chi connectivity index (χ0n) is 15.4. The first kappa shape index (κ1) is 19.1. The van der Waals surface area contributed by atoms with Crippen molar-refractivity contribution in [1.82, 2.24) is 20.4 Å². The lowest BCUT2D eigenvalue weighted by atomic mass is 10.1. The van der Waals surface area contributed by atoms with Crippen LogP contribution in [0.4, 0.5) is 0 Å². The van der Waals surface area contributed by atoms with Gasteiger partial charge in [-0.1, -0.05) is 43.3 Å². The molecule has 1 heterocycles. The lowest BCUT2D eigenvalue weighted by molar-refractivity contribution is -0.121. The summed E-state index contributed by atoms with van der Waals surface area (Å²) >= 11 is 0. The minimum Gasteiger partial charge on any atom is -0.352 e. The van der Waals surface area contributed by atoms with Gasteiger partial charge in [0.1, 0.15) is 0 Å². The van der Waals surface area contributed by atoms with E-state index in [1.54, 1.807) is 0 Å². The molecule has 0 bridgehead atoms. The molecule has 0 aliphatic heterocycles. The van der Waals surface area contributed by atoms with Crippen molar-refractivity contribution in [3.8, 4) is 0 Å². The zero-order valence-corrected chi connectivity index (χ0v) is 15.4. The molecule has 0 saturated carbocycles. The van der Waals surface area contributed by atoms with Crippen LogP contribution in [0.15, 0.2) is 28.8 Å². The Morgan fingerprint density at radius 3 is 2.80 bits per heavy atom. The minimum absolute atomic E-state index is 0.0475. The first-order valence-corrected chi connectivity index (χ1v) is 8.95. The summed E-state index contributed by atoms with van der Waals surface area (Å²) in [5, 5.41) is 6.83. The Balaban J connectivity index is 1.71. The Morgan fingerprint density at radius 2 is 2.08 bits per heavy atom. The van der Waals surface area contributed by atoms with E-state index in [9.17, 15) is 4.79 Å². The second-order valence-electron chi connectivity index (χ2n) is 6.24. The number of rotatable bonds is 10. The van der Waals surface area contributed by atoms with Gasteiger partial charge in [0, 0.05) is 32.4 Å². The molecular formula is C19H28N4O2. The highest BCUT2D eigenvalue weighted by atomic mass is 16.5. The third-order valence-corrected chi connectivity index (χ3v) is 4.09. The Labute approximate surface area is 149 Å². The molecule has 0 unspecified atom stereocenters. The largest absolute Gasteiger partial charge is 0.352 e. The molecule has 1 amide bonds. The van der Waals surface area contributed by atoms with Crippen molar-refractivity contribution in [3.63, 3.8) is 0 Å². The van der Waals surface area contributed by atoms with E-state index in [2.05, 4.69) is 46.5 Å². The van der Waals surface area contributed by atoms with Gasteiger partial charge >= 0.3 is 0 Å². The normalized spacial score (nSPS) is 11.0. The van der Waals surface area contributed by atoms with E-state index in [0.717, 1.165) is 25.1 Å². The molecule has 0 spiro atoms. The van der Waals surface area contributed by atoms with Crippen molar-refractivity contribution in [1.29, 1.82) is 0 Å². The number of carbonyl (C=O) groups excluding carboxylic acids is 1. The average molecular weight is 344 g/mol. The molecule has 0 aliphatic rings. The smallest absolute Gasteiger partial charge is 0.226 e. The van der Waals surface area contributed by atoms with E-state index in [-0.39, 0.29) is 5.91 Å². The first-order valence-electron chi connectivity index (χ1n) is 8.95. The van der Waals surface area contributed by atoms with Gasteiger partial charge in [0.2, 0.25) is 11.8 Å². The van der Waals surface area contributed by atoms with Gasteiger partial charge in [0.15, 0.2) is 5.82 Å². The number of hydrogen-bond acceptors (Lipinski definition) is 5. The molecule has 136 valence electrons. The summed E-state index contributed by atoms with van der Waals surface area (Å²) in [6.45, 7) is 6.62. The molecule has 6 heteroatoms. The van der Waals surface area contributed by atoms with Crippen LogP contribution >= 0.6 is 0 Å². The number of carbonyl (C=O) groups is 1. The van der Waals surface area contributed by atoms with Crippen LogP contribution in [0.3, 0.4) is 0 Å². The third kappa shape index (κ3) is 6.66. The van der Waals surface area contributed by atoms with Crippen molar-refractivity contribution in [2.45, 2.75) is 52.6 Å². The van der Waals surface area contributed by atoms with E-state index in [0.29, 0.717) is 37.5 Å². The van der Waals surface area contributed by atoms with Gasteiger partial charge in [-0.2, -0.15) is 4.98 Å². The maximum absolute atomic E-state index is 12.0. The van der Waals surface area contributed by atoms with Gasteiger partial charge in [0.25, 0.3) is 0 Å². The minimum atomic E-state index is 0.0475. The Hall–Kier alpha value is -2.21. The predicted molar refractivity (Wildman–Crippen MR) is 96.9 cm³/mol. The number of hydrogen-bond donors (Lipinski definition) is 1. The molecule has 0 saturated heterocycles. The van der Waals surface area contributed by atoms with Gasteiger partial charge < -0.3 is 14.7 Å². The molecule has 2 rings (SSSR count). The predicted octanol–water partition coefficient (Wildman–Crippen LogP) is 2.72. The van der Waals surface area contributed by atoms with Gasteiger partial charge in [0.05, 0.1) is 0 Å². The first-order chi connectivity index (χ1) is 12.1. The van der Waals surface area contributed by atoms with E-state index in [1.807, 2.05) is 19.1 Å². The highest BCUT2D eigenvalue weighted by Crippen LogP contribution is 2.08. The second kappa shape index (κ2) is 9.93. The Morgan fingerprint density at radius 1 is 1.28 bits per heavy atom. The maximum atomic E-state index is 12.0. The summed E-state index contributed by atoms with van der Waals surface area (Å²) in [5.41, 5.74) is 2.39. The van der Waals surface area contributed by atoms with Crippen LogP contribution in [0.25, 0.3) is 0 Å². The molecule has 0 radical (unpaired) electrons. The molecule has 1 N–H and O–H groups in total. The van der Waals surface area contributed by atoms with Crippen LogP contribution in [0, 0.1) is 0 Å². The molecule has 2 aromatic rings. The molecule has 25 heavy (non-hydrogen) atoms. The number of nitrogens with zero attached hydrogens (tertiary/aromatic N) is 3. The van der Waals surface area contributed by atoms with Gasteiger partial charge in [-0.15, -0.1) is 0 Å². The second-order valence-corrected chi connectivity index (χ2v) is 6.24. The van der Waals surface area contributed by atoms with Crippen LogP contribution in [0.5, 0.6) is 0 Å². The fourth-order valence-electron chi connectivity index (χ4n) is 2.49. The van der Waals surface area contributed by atoms with E-state index < -0.39 is 0 Å². The number of aromatic nitrogens is 2. The summed E-state index contributed by atoms with van der Waals surface area (Å²) in [7, 11) is 2.10. The maximum Gasteiger partial charge on any atom is 0.226 e. The number of amides is 1. The number of aryl methyl sites for hydroxylation is 2. The van der Waals surface area contributed by atoms with Crippen LogP contribution < -0.4 is 5.32 Å². The van der Waals surface area contributed by atoms with Crippen molar-refractivity contribution < 1.29 is 9.32 Å². The standard InChI is InChI=1S/C19H28N4O2/c1-4-17-21-19(25-22-17)11-7-10-18(24)20-13-15-8-6-9-16(12-15)14-23(3)5-2/h6,8-9,12H,4-5,7,10-11,13-14H2,1-3H3,(H,20,24). The fourth-order valence-corrected chi connectivity index (χ4v) is 2.49. The van der Waals surface area contributed by atoms with Gasteiger partial charge in [-0.25, -0.2) is 0 Å². The molecule has 0 fully saturated rings. The summed E-state index contributed by atoms with van der Waals surface area (Å²) in [6.07, 6.45) is 2.57. The summed E-state index contributed by atoms with van der Waals surface area (Å²) < 4.78 is 5.12. The van der Waals surface area contributed by atoms with Crippen LogP contribution in [-0.2, 0) is 30.7 Å². The summed E-state index contributed by atoms with van der Waals surface area (Å²) in [4.78, 5) is 18.5. The monoisotopic (exact) mass is 344 g/mol. The van der Waals surface area contributed by atoms with Gasteiger partial charge in [-0.3, -0.25) is 4.79 Å². The summed E-state index contributed by atoms with van der Waals surface area (Å²) in [6, 6.07) is 8.35. The number of benzene rings is 1. The highest BCUT2D eigenvalue weighted by molar-refractivity contribution is 5.75. The van der Waals surface area contributed by atoms with E-state index in [4.69, 9.17) is 4.52 Å². The highest BCUT2D eigenvalue weighted by Gasteiger charge is 2.07. The molecule has 1 aromatic carbocycles. The van der Waals surface area contributed by atoms with Gasteiger partial charge in [-0.05, 0) is 31.1 Å². The van der Waals surface area contributed by atoms with Crippen LogP contribution in [0.1, 0.15) is 49.5 Å². The van der Waals surface area contributed by atoms with Crippen LogP contribution in [0.2, 0.25) is 0 Å². The fraction of sp³-hybridized carbons (Fsp3) is 0.526. The van der Waals surface area contributed by atoms with E-state index >= 15 is 0 Å². The van der Waals surface area contributed by atoms with Crippen LogP contribution in [-0.4, -0.2) is 34.5 Å². The van der Waals surface area contributed by atoms with Crippen molar-refractivity contribution >= 4 is 5.91 Å². The molecular weight excluding hydrogens is 316 g/mol. The SMILES string of the molecule is CCc1noc(CCCC(=O)NCc2cccc(CN(C)CC)c2)n1. The van der Waals surface area contributed by atoms with Crippen molar-refractivity contribution in [2.75, 3.05) is 13.6 Å². The lowest BCUT2D eigenvalue weighted by Crippen LogP contribution is -2.22. The van der Waals surface area contributed by atoms with Crippen molar-refractivity contribution in [3.05, 3.63) is 47.1 Å². The quantitative estimate of drug-likeness (QED) is 0.717. The lowest BCUT2D eigenvalue weighted by Gasteiger charge is -2.14. The zero-order chi connectivity index (χ0) is 18.1. The summed E-state index contributed by atoms with van der Waals surface area (Å²) in [5.74, 6) is 1.37. The number of nitrogens with one attached hydrogen (secondary N) is 1. The third-order valence-electron chi connectivity index (χ3n) is 4.09. The molecule has 0 atom stereocenters. The Kier molecular flexibility index (Phi) is 7.60. The average Bonchev–Trinajstić information content (AvgIpc) is 3.08. The van der Waals surface area contributed by atoms with E-state index in [1.165, 1.54) is 5.56 Å². The molecule has 0 aliphatic carbocycles. The topological polar surface area (TPSA) is 71.3 Å². The molecule has 1 aromatic heterocycles. The molecule has 6 nitrogen and oxygen atoms in total. The van der Waals surface area contributed by atoms with Crippen molar-refractivity contribution in [2.24, 2.45) is 0 Å². The Bertz CT molecular complexity index is 669.